The molecule has 0 fully saturated rings. The van der Waals surface area contributed by atoms with Crippen molar-refractivity contribution in [3.63, 3.8) is 0 Å². The number of hydrogen-bond donors (Lipinski definition) is 1. The Labute approximate surface area is 68.0 Å². The summed E-state index contributed by atoms with van der Waals surface area (Å²) in [5.41, 5.74) is 2.62. The van der Waals surface area contributed by atoms with Gasteiger partial charge in [0.1, 0.15) is 0 Å². The van der Waals surface area contributed by atoms with Gasteiger partial charge in [0.15, 0.2) is 0 Å². The molecule has 1 rings (SSSR count). The predicted octanol–water partition coefficient (Wildman–Crippen LogP) is 1.71. The maximum Gasteiger partial charge on any atom is 0.0653 e. The first kappa shape index (κ1) is 10.2. The molecular formula is C8H17N3. The van der Waals surface area contributed by atoms with Gasteiger partial charge in [-0.3, -0.25) is 4.68 Å². The van der Waals surface area contributed by atoms with Crippen LogP contribution in [0.25, 0.3) is 0 Å². The molecule has 3 N–H and O–H groups in total. The molecule has 0 spiro atoms. The van der Waals surface area contributed by atoms with E-state index in [4.69, 9.17) is 0 Å². The van der Waals surface area contributed by atoms with E-state index in [9.17, 15) is 0 Å². The van der Waals surface area contributed by atoms with Gasteiger partial charge in [0.05, 0.1) is 5.69 Å². The molecule has 0 aromatic carbocycles. The van der Waals surface area contributed by atoms with E-state index in [0.29, 0.717) is 0 Å². The summed E-state index contributed by atoms with van der Waals surface area (Å²) in [7, 11) is 1.97. The molecule has 1 aromatic heterocycles. The smallest absolute Gasteiger partial charge is 0.0653 e. The van der Waals surface area contributed by atoms with E-state index in [1.165, 1.54) is 11.3 Å². The predicted molar refractivity (Wildman–Crippen MR) is 47.0 cm³/mol. The monoisotopic (exact) mass is 155 g/mol. The molecule has 0 amide bonds. The van der Waals surface area contributed by atoms with Crippen LogP contribution in [0.4, 0.5) is 0 Å². The third-order valence-corrected chi connectivity index (χ3v) is 1.71. The number of rotatable bonds is 2. The second-order valence-corrected chi connectivity index (χ2v) is 2.48. The van der Waals surface area contributed by atoms with Crippen LogP contribution in [0.15, 0.2) is 6.20 Å². The fourth-order valence-electron chi connectivity index (χ4n) is 1.18. The van der Waals surface area contributed by atoms with Gasteiger partial charge in [0.25, 0.3) is 0 Å². The van der Waals surface area contributed by atoms with Crippen molar-refractivity contribution < 1.29 is 0 Å². The van der Waals surface area contributed by atoms with E-state index in [-0.39, 0.29) is 6.15 Å². The highest BCUT2D eigenvalue weighted by molar-refractivity contribution is 5.16. The second kappa shape index (κ2) is 4.13. The number of aryl methyl sites for hydroxylation is 3. The largest absolute Gasteiger partial charge is 0.344 e. The first-order valence-electron chi connectivity index (χ1n) is 3.79. The number of aromatic nitrogens is 2. The lowest BCUT2D eigenvalue weighted by molar-refractivity contribution is 0.746. The van der Waals surface area contributed by atoms with Crippen LogP contribution in [0.2, 0.25) is 0 Å². The Balaban J connectivity index is 0.000001000. The summed E-state index contributed by atoms with van der Waals surface area (Å²) in [6, 6.07) is 0. The summed E-state index contributed by atoms with van der Waals surface area (Å²) in [4.78, 5) is 0. The first-order valence-corrected chi connectivity index (χ1v) is 3.79. The van der Waals surface area contributed by atoms with Crippen molar-refractivity contribution in [3.8, 4) is 0 Å². The summed E-state index contributed by atoms with van der Waals surface area (Å²) in [6.07, 6.45) is 4.24. The fourth-order valence-corrected chi connectivity index (χ4v) is 1.18. The van der Waals surface area contributed by atoms with Crippen LogP contribution < -0.4 is 6.15 Å². The lowest BCUT2D eigenvalue weighted by Crippen LogP contribution is -1.89. The quantitative estimate of drug-likeness (QED) is 0.706. The molecule has 11 heavy (non-hydrogen) atoms. The van der Waals surface area contributed by atoms with Crippen LogP contribution in [0.3, 0.4) is 0 Å². The molecule has 0 radical (unpaired) electrons. The standard InChI is InChI=1S/C8H14N2.H3N/c1-4-7-6-10(3)9-8(7)5-2;/h6H,4-5H2,1-3H3;1H3. The van der Waals surface area contributed by atoms with E-state index >= 15 is 0 Å². The maximum absolute atomic E-state index is 4.32. The van der Waals surface area contributed by atoms with Crippen molar-refractivity contribution in [3.05, 3.63) is 17.5 Å². The second-order valence-electron chi connectivity index (χ2n) is 2.48. The minimum Gasteiger partial charge on any atom is -0.344 e. The third-order valence-electron chi connectivity index (χ3n) is 1.71. The lowest BCUT2D eigenvalue weighted by atomic mass is 10.2. The first-order chi connectivity index (χ1) is 4.77. The Morgan fingerprint density at radius 2 is 2.00 bits per heavy atom. The van der Waals surface area contributed by atoms with E-state index in [0.717, 1.165) is 12.8 Å². The minimum atomic E-state index is 0. The zero-order chi connectivity index (χ0) is 7.56. The van der Waals surface area contributed by atoms with E-state index in [2.05, 4.69) is 25.1 Å². The Morgan fingerprint density at radius 1 is 1.36 bits per heavy atom. The SMILES string of the molecule is CCc1cn(C)nc1CC.N. The Morgan fingerprint density at radius 3 is 2.36 bits per heavy atom. The van der Waals surface area contributed by atoms with E-state index in [1.54, 1.807) is 0 Å². The van der Waals surface area contributed by atoms with Crippen LogP contribution in [-0.2, 0) is 19.9 Å². The normalized spacial score (nSPS) is 9.36. The Hall–Kier alpha value is -0.830. The summed E-state index contributed by atoms with van der Waals surface area (Å²) < 4.78 is 1.89. The van der Waals surface area contributed by atoms with Crippen molar-refractivity contribution in [1.29, 1.82) is 0 Å². The molecule has 0 unspecified atom stereocenters. The molecule has 0 bridgehead atoms. The van der Waals surface area contributed by atoms with Crippen molar-refractivity contribution in [2.75, 3.05) is 0 Å². The molecule has 0 saturated heterocycles. The van der Waals surface area contributed by atoms with Crippen molar-refractivity contribution in [1.82, 2.24) is 15.9 Å². The average Bonchev–Trinajstić information content (AvgIpc) is 2.30. The van der Waals surface area contributed by atoms with Gasteiger partial charge >= 0.3 is 0 Å². The van der Waals surface area contributed by atoms with Crippen LogP contribution in [0.5, 0.6) is 0 Å². The molecule has 0 aliphatic carbocycles. The number of hydrogen-bond acceptors (Lipinski definition) is 2. The van der Waals surface area contributed by atoms with Crippen molar-refractivity contribution in [2.24, 2.45) is 7.05 Å². The molecule has 3 nitrogen and oxygen atoms in total. The van der Waals surface area contributed by atoms with E-state index < -0.39 is 0 Å². The van der Waals surface area contributed by atoms with Crippen LogP contribution in [0.1, 0.15) is 25.1 Å². The Kier molecular flexibility index (Phi) is 3.82. The van der Waals surface area contributed by atoms with Crippen molar-refractivity contribution >= 4 is 0 Å². The third kappa shape index (κ3) is 2.05. The maximum atomic E-state index is 4.32. The highest BCUT2D eigenvalue weighted by Gasteiger charge is 2.01. The Bertz CT molecular complexity index is 194. The molecule has 64 valence electrons. The number of nitrogens with zero attached hydrogens (tertiary/aromatic N) is 2. The van der Waals surface area contributed by atoms with Gasteiger partial charge in [-0.05, 0) is 18.4 Å². The van der Waals surface area contributed by atoms with Gasteiger partial charge in [-0.1, -0.05) is 13.8 Å². The average molecular weight is 155 g/mol. The van der Waals surface area contributed by atoms with Gasteiger partial charge in [0, 0.05) is 13.2 Å². The molecule has 3 heteroatoms. The molecular weight excluding hydrogens is 138 g/mol. The highest BCUT2D eigenvalue weighted by atomic mass is 15.2. The zero-order valence-corrected chi connectivity index (χ0v) is 7.59. The van der Waals surface area contributed by atoms with Gasteiger partial charge in [-0.15, -0.1) is 0 Å². The lowest BCUT2D eigenvalue weighted by Gasteiger charge is -1.90. The molecule has 1 heterocycles. The van der Waals surface area contributed by atoms with Crippen LogP contribution in [-0.4, -0.2) is 9.78 Å². The summed E-state index contributed by atoms with van der Waals surface area (Å²) in [6.45, 7) is 4.30. The summed E-state index contributed by atoms with van der Waals surface area (Å²) >= 11 is 0. The summed E-state index contributed by atoms with van der Waals surface area (Å²) in [5.74, 6) is 0. The van der Waals surface area contributed by atoms with Crippen LogP contribution >= 0.6 is 0 Å². The van der Waals surface area contributed by atoms with Crippen LogP contribution in [0, 0.1) is 0 Å². The topological polar surface area (TPSA) is 52.8 Å². The van der Waals surface area contributed by atoms with Gasteiger partial charge in [-0.2, -0.15) is 5.10 Å². The van der Waals surface area contributed by atoms with E-state index in [1.807, 2.05) is 11.7 Å². The van der Waals surface area contributed by atoms with Gasteiger partial charge in [0.2, 0.25) is 0 Å². The molecule has 0 atom stereocenters. The molecule has 0 aliphatic heterocycles. The molecule has 1 aromatic rings. The highest BCUT2D eigenvalue weighted by Crippen LogP contribution is 2.06. The fraction of sp³-hybridized carbons (Fsp3) is 0.625. The van der Waals surface area contributed by atoms with Gasteiger partial charge < -0.3 is 6.15 Å². The van der Waals surface area contributed by atoms with Crippen molar-refractivity contribution in [2.45, 2.75) is 26.7 Å². The zero-order valence-electron chi connectivity index (χ0n) is 7.59. The molecule has 0 aliphatic rings. The van der Waals surface area contributed by atoms with Gasteiger partial charge in [-0.25, -0.2) is 0 Å². The molecule has 0 saturated carbocycles. The minimum absolute atomic E-state index is 0. The summed E-state index contributed by atoms with van der Waals surface area (Å²) in [5, 5.41) is 4.32.